The quantitative estimate of drug-likeness (QED) is 0.442. The summed E-state index contributed by atoms with van der Waals surface area (Å²) in [5.41, 5.74) is 5.72. The highest BCUT2D eigenvalue weighted by molar-refractivity contribution is 7.19. The number of ether oxygens (including phenoxy) is 1. The maximum atomic E-state index is 5.57. The fraction of sp³-hybridized carbons (Fsp3) is 0.500. The lowest BCUT2D eigenvalue weighted by atomic mass is 9.97. The Bertz CT molecular complexity index is 1300. The number of rotatable bonds is 6. The highest BCUT2D eigenvalue weighted by Gasteiger charge is 2.26. The van der Waals surface area contributed by atoms with Gasteiger partial charge in [0.1, 0.15) is 16.3 Å². The monoisotopic (exact) mass is 480 g/mol. The lowest BCUT2D eigenvalue weighted by molar-refractivity contribution is 0.209. The molecule has 1 N–H and O–H groups in total. The number of aromatic nitrogens is 6. The van der Waals surface area contributed by atoms with Gasteiger partial charge in [-0.2, -0.15) is 10.2 Å². The van der Waals surface area contributed by atoms with E-state index in [4.69, 9.17) is 14.8 Å². The first kappa shape index (κ1) is 22.8. The van der Waals surface area contributed by atoms with E-state index in [1.54, 1.807) is 23.0 Å². The van der Waals surface area contributed by atoms with Crippen LogP contribution in [0.25, 0.3) is 27.6 Å². The van der Waals surface area contributed by atoms with Crippen LogP contribution < -0.4 is 9.64 Å². The van der Waals surface area contributed by atoms with Gasteiger partial charge in [-0.15, -0.1) is 0 Å². The van der Waals surface area contributed by atoms with Crippen LogP contribution in [0.3, 0.4) is 0 Å². The van der Waals surface area contributed by atoms with E-state index >= 15 is 0 Å². The van der Waals surface area contributed by atoms with Gasteiger partial charge in [0.15, 0.2) is 11.4 Å². The smallest absolute Gasteiger partial charge is 0.197 e. The number of aromatic amines is 1. The van der Waals surface area contributed by atoms with Crippen molar-refractivity contribution in [2.24, 2.45) is 0 Å². The van der Waals surface area contributed by atoms with E-state index in [9.17, 15) is 0 Å². The molecule has 180 valence electrons. The molecule has 34 heavy (non-hydrogen) atoms. The molecule has 0 spiro atoms. The summed E-state index contributed by atoms with van der Waals surface area (Å²) in [6.07, 6.45) is 3.48. The van der Waals surface area contributed by atoms with Gasteiger partial charge in [0, 0.05) is 49.5 Å². The Morgan fingerprint density at radius 3 is 2.56 bits per heavy atom. The highest BCUT2D eigenvalue weighted by atomic mass is 32.1. The number of H-pyrrole nitrogens is 1. The molecule has 0 unspecified atom stereocenters. The molecule has 5 heterocycles. The van der Waals surface area contributed by atoms with Crippen molar-refractivity contribution in [1.29, 1.82) is 0 Å². The van der Waals surface area contributed by atoms with E-state index in [1.165, 1.54) is 11.3 Å². The molecule has 9 nitrogen and oxygen atoms in total. The lowest BCUT2D eigenvalue weighted by Gasteiger charge is -2.37. The van der Waals surface area contributed by atoms with Gasteiger partial charge in [0.05, 0.1) is 24.2 Å². The van der Waals surface area contributed by atoms with Crippen molar-refractivity contribution in [3.8, 4) is 27.7 Å². The van der Waals surface area contributed by atoms with Crippen molar-refractivity contribution in [3.05, 3.63) is 29.8 Å². The molecule has 0 radical (unpaired) electrons. The number of pyridine rings is 1. The Kier molecular flexibility index (Phi) is 6.03. The molecular weight excluding hydrogens is 448 g/mol. The third-order valence-electron chi connectivity index (χ3n) is 6.53. The normalized spacial score (nSPS) is 15.2. The zero-order valence-corrected chi connectivity index (χ0v) is 21.5. The minimum Gasteiger partial charge on any atom is -0.493 e. The molecule has 4 aromatic rings. The third kappa shape index (κ3) is 3.94. The van der Waals surface area contributed by atoms with Crippen molar-refractivity contribution in [3.63, 3.8) is 0 Å². The molecule has 0 amide bonds. The van der Waals surface area contributed by atoms with E-state index in [0.717, 1.165) is 59.4 Å². The van der Waals surface area contributed by atoms with Gasteiger partial charge in [0.25, 0.3) is 0 Å². The summed E-state index contributed by atoms with van der Waals surface area (Å²) >= 11 is 1.75. The molecule has 1 saturated heterocycles. The van der Waals surface area contributed by atoms with Crippen LogP contribution in [0.2, 0.25) is 0 Å². The van der Waals surface area contributed by atoms with Gasteiger partial charge >= 0.3 is 0 Å². The number of hydrogen-bond donors (Lipinski definition) is 1. The van der Waals surface area contributed by atoms with Crippen LogP contribution in [0.5, 0.6) is 5.75 Å². The minimum absolute atomic E-state index is 0.253. The van der Waals surface area contributed by atoms with E-state index in [-0.39, 0.29) is 5.92 Å². The number of fused-ring (bicyclic) bond motifs is 1. The van der Waals surface area contributed by atoms with Crippen molar-refractivity contribution in [1.82, 2.24) is 34.7 Å². The Morgan fingerprint density at radius 2 is 1.88 bits per heavy atom. The second-order valence-corrected chi connectivity index (χ2v) is 10.3. The molecule has 1 aliphatic rings. The molecule has 0 saturated carbocycles. The number of hydrogen-bond acceptors (Lipinski definition) is 8. The van der Waals surface area contributed by atoms with Crippen LogP contribution in [-0.2, 0) is 0 Å². The van der Waals surface area contributed by atoms with E-state index < -0.39 is 0 Å². The molecular formula is C24H32N8OS. The number of anilines is 1. The number of methoxy groups -OCH3 is 1. The second-order valence-electron chi connectivity index (χ2n) is 9.37. The van der Waals surface area contributed by atoms with Crippen LogP contribution in [0.1, 0.15) is 44.9 Å². The molecule has 1 aliphatic heterocycles. The summed E-state index contributed by atoms with van der Waals surface area (Å²) in [4.78, 5) is 14.3. The Morgan fingerprint density at radius 1 is 1.12 bits per heavy atom. The maximum Gasteiger partial charge on any atom is 0.197 e. The van der Waals surface area contributed by atoms with Crippen LogP contribution in [0.4, 0.5) is 5.00 Å². The fourth-order valence-electron chi connectivity index (χ4n) is 4.70. The first-order valence-corrected chi connectivity index (χ1v) is 12.6. The molecule has 0 bridgehead atoms. The average Bonchev–Trinajstić information content (AvgIpc) is 3.56. The van der Waals surface area contributed by atoms with Crippen LogP contribution in [-0.4, -0.2) is 74.0 Å². The minimum atomic E-state index is 0.253. The number of piperazine rings is 1. The zero-order valence-electron chi connectivity index (χ0n) is 20.7. The maximum absolute atomic E-state index is 5.57. The summed E-state index contributed by atoms with van der Waals surface area (Å²) in [7, 11) is 1.65. The zero-order chi connectivity index (χ0) is 24.0. The number of nitrogens with zero attached hydrogens (tertiary/aromatic N) is 7. The van der Waals surface area contributed by atoms with Gasteiger partial charge in [0.2, 0.25) is 0 Å². The Labute approximate surface area is 203 Å². The molecule has 4 aromatic heterocycles. The van der Waals surface area contributed by atoms with Gasteiger partial charge in [-0.25, -0.2) is 14.5 Å². The van der Waals surface area contributed by atoms with Crippen LogP contribution >= 0.6 is 11.3 Å². The van der Waals surface area contributed by atoms with Crippen LogP contribution in [0.15, 0.2) is 18.6 Å². The van der Waals surface area contributed by atoms with Gasteiger partial charge in [-0.3, -0.25) is 10.00 Å². The Hall–Kier alpha value is -2.98. The summed E-state index contributed by atoms with van der Waals surface area (Å²) in [6, 6.07) is 2.57. The van der Waals surface area contributed by atoms with Gasteiger partial charge < -0.3 is 9.64 Å². The SMILES string of the molecule is COc1cc(-c2n[nH]c(-c3nc(C)c(N4CCN(C(C)C)CC4)s3)c2C(C)C)cn2ncnc12. The third-order valence-corrected chi connectivity index (χ3v) is 7.77. The lowest BCUT2D eigenvalue weighted by Crippen LogP contribution is -2.48. The molecule has 0 atom stereocenters. The number of nitrogens with one attached hydrogen (secondary N) is 1. The Balaban J connectivity index is 1.51. The van der Waals surface area contributed by atoms with E-state index in [2.05, 4.69) is 59.6 Å². The summed E-state index contributed by atoms with van der Waals surface area (Å²) < 4.78 is 7.30. The van der Waals surface area contributed by atoms with Crippen molar-refractivity contribution < 1.29 is 4.74 Å². The molecule has 0 aliphatic carbocycles. The second kappa shape index (κ2) is 8.99. The average molecular weight is 481 g/mol. The molecule has 1 fully saturated rings. The molecule has 5 rings (SSSR count). The fourth-order valence-corrected chi connectivity index (χ4v) is 5.83. The molecule has 0 aromatic carbocycles. The number of thiazole rings is 1. The largest absolute Gasteiger partial charge is 0.493 e. The van der Waals surface area contributed by atoms with Crippen molar-refractivity contribution in [2.75, 3.05) is 38.2 Å². The first-order valence-electron chi connectivity index (χ1n) is 11.8. The van der Waals surface area contributed by atoms with Crippen molar-refractivity contribution >= 4 is 22.0 Å². The number of aryl methyl sites for hydroxylation is 1. The van der Waals surface area contributed by atoms with Crippen molar-refractivity contribution in [2.45, 2.75) is 46.6 Å². The summed E-state index contributed by atoms with van der Waals surface area (Å²) in [6.45, 7) is 15.3. The predicted molar refractivity (Wildman–Crippen MR) is 136 cm³/mol. The summed E-state index contributed by atoms with van der Waals surface area (Å²) in [5, 5.41) is 14.6. The van der Waals surface area contributed by atoms with E-state index in [0.29, 0.717) is 17.4 Å². The first-order chi connectivity index (χ1) is 16.4. The highest BCUT2D eigenvalue weighted by Crippen LogP contribution is 2.41. The van der Waals surface area contributed by atoms with Gasteiger partial charge in [-0.05, 0) is 32.8 Å². The van der Waals surface area contributed by atoms with Gasteiger partial charge in [-0.1, -0.05) is 25.2 Å². The topological polar surface area (TPSA) is 87.5 Å². The molecule has 10 heteroatoms. The van der Waals surface area contributed by atoms with E-state index in [1.807, 2.05) is 12.3 Å². The predicted octanol–water partition coefficient (Wildman–Crippen LogP) is 4.21. The van der Waals surface area contributed by atoms with Crippen LogP contribution in [0, 0.1) is 6.92 Å². The summed E-state index contributed by atoms with van der Waals surface area (Å²) in [5.74, 6) is 0.922. The standard InChI is InChI=1S/C24H32N8OS/c1-14(2)19-20(17-11-18(33-6)22-25-13-26-32(22)12-17)28-29-21(19)23-27-16(5)24(34-23)31-9-7-30(8-10-31)15(3)4/h11-15H,7-10H2,1-6H3,(H,28,29).